The van der Waals surface area contributed by atoms with Crippen molar-refractivity contribution >= 4 is 23.1 Å². The molecule has 0 heterocycles. The largest absolute Gasteiger partial charge is 0.497 e. The van der Waals surface area contributed by atoms with Crippen molar-refractivity contribution < 1.29 is 13.9 Å². The normalized spacial score (nSPS) is 10.3. The van der Waals surface area contributed by atoms with Crippen molar-refractivity contribution in [2.75, 3.05) is 12.8 Å². The predicted octanol–water partition coefficient (Wildman–Crippen LogP) is 3.50. The summed E-state index contributed by atoms with van der Waals surface area (Å²) in [6, 6.07) is 9.07. The monoisotopic (exact) mass is 293 g/mol. The van der Waals surface area contributed by atoms with Gasteiger partial charge in [0.15, 0.2) is 5.78 Å². The smallest absolute Gasteiger partial charge is 0.169 e. The molecular formula is C15H13ClFNO2. The number of nitrogens with two attached hydrogens (primary N) is 1. The Bertz CT molecular complexity index is 638. The Balaban J connectivity index is 2.33. The molecule has 0 radical (unpaired) electrons. The molecule has 0 aliphatic heterocycles. The average Bonchev–Trinajstić information content (AvgIpc) is 2.43. The molecule has 0 saturated carbocycles. The Morgan fingerprint density at radius 1 is 1.35 bits per heavy atom. The maximum Gasteiger partial charge on any atom is 0.169 e. The van der Waals surface area contributed by atoms with E-state index in [4.69, 9.17) is 22.1 Å². The molecule has 2 aromatic carbocycles. The van der Waals surface area contributed by atoms with E-state index >= 15 is 0 Å². The summed E-state index contributed by atoms with van der Waals surface area (Å²) >= 11 is 5.91. The number of halogens is 2. The van der Waals surface area contributed by atoms with Crippen molar-refractivity contribution in [3.8, 4) is 5.75 Å². The van der Waals surface area contributed by atoms with Gasteiger partial charge in [-0.05, 0) is 30.3 Å². The molecule has 5 heteroatoms. The van der Waals surface area contributed by atoms with Gasteiger partial charge in [0.1, 0.15) is 11.6 Å². The van der Waals surface area contributed by atoms with Crippen LogP contribution in [-0.4, -0.2) is 12.9 Å². The van der Waals surface area contributed by atoms with Crippen LogP contribution in [0, 0.1) is 5.82 Å². The number of ether oxygens (including phenoxy) is 1. The third-order valence-corrected chi connectivity index (χ3v) is 3.31. The molecule has 3 nitrogen and oxygen atoms in total. The van der Waals surface area contributed by atoms with Crippen LogP contribution in [0.25, 0.3) is 0 Å². The lowest BCUT2D eigenvalue weighted by molar-refractivity contribution is 0.0992. The fraction of sp³-hybridized carbons (Fsp3) is 0.133. The molecule has 104 valence electrons. The summed E-state index contributed by atoms with van der Waals surface area (Å²) in [5.41, 5.74) is 6.56. The minimum Gasteiger partial charge on any atom is -0.497 e. The number of anilines is 1. The molecule has 0 aliphatic rings. The molecule has 0 aliphatic carbocycles. The molecule has 0 aromatic heterocycles. The van der Waals surface area contributed by atoms with Crippen molar-refractivity contribution in [1.82, 2.24) is 0 Å². The highest BCUT2D eigenvalue weighted by atomic mass is 35.5. The first-order valence-corrected chi connectivity index (χ1v) is 6.30. The second-order valence-electron chi connectivity index (χ2n) is 4.25. The van der Waals surface area contributed by atoms with Crippen LogP contribution in [0.5, 0.6) is 5.75 Å². The van der Waals surface area contributed by atoms with Gasteiger partial charge in [-0.25, -0.2) is 4.39 Å². The van der Waals surface area contributed by atoms with Crippen LogP contribution < -0.4 is 10.5 Å². The van der Waals surface area contributed by atoms with Gasteiger partial charge >= 0.3 is 0 Å². The topological polar surface area (TPSA) is 52.3 Å². The van der Waals surface area contributed by atoms with E-state index in [9.17, 15) is 9.18 Å². The quantitative estimate of drug-likeness (QED) is 0.693. The number of rotatable bonds is 4. The summed E-state index contributed by atoms with van der Waals surface area (Å²) in [4.78, 5) is 12.2. The lowest BCUT2D eigenvalue weighted by atomic mass is 10.0. The Labute approximate surface area is 121 Å². The standard InChI is InChI=1S/C15H13ClFNO2/c1-20-9-5-6-14(18)11(7-9)15(19)8-10-12(16)3-2-4-13(10)17/h2-7H,8,18H2,1H3. The van der Waals surface area contributed by atoms with Gasteiger partial charge in [-0.2, -0.15) is 0 Å². The first-order valence-electron chi connectivity index (χ1n) is 5.92. The fourth-order valence-corrected chi connectivity index (χ4v) is 2.09. The van der Waals surface area contributed by atoms with E-state index in [1.807, 2.05) is 0 Å². The van der Waals surface area contributed by atoms with Crippen molar-refractivity contribution in [3.05, 3.63) is 58.4 Å². The van der Waals surface area contributed by atoms with Gasteiger partial charge in [0, 0.05) is 28.3 Å². The molecule has 20 heavy (non-hydrogen) atoms. The zero-order valence-corrected chi connectivity index (χ0v) is 11.6. The third kappa shape index (κ3) is 2.91. The predicted molar refractivity (Wildman–Crippen MR) is 76.9 cm³/mol. The maximum absolute atomic E-state index is 13.7. The van der Waals surface area contributed by atoms with Gasteiger partial charge in [-0.3, -0.25) is 4.79 Å². The number of nitrogen functional groups attached to an aromatic ring is 1. The zero-order valence-electron chi connectivity index (χ0n) is 10.8. The van der Waals surface area contributed by atoms with Crippen molar-refractivity contribution in [1.29, 1.82) is 0 Å². The van der Waals surface area contributed by atoms with Gasteiger partial charge < -0.3 is 10.5 Å². The molecule has 2 N–H and O–H groups in total. The number of hydrogen-bond donors (Lipinski definition) is 1. The van der Waals surface area contributed by atoms with E-state index < -0.39 is 5.82 Å². The highest BCUT2D eigenvalue weighted by molar-refractivity contribution is 6.31. The number of carbonyl (C=O) groups is 1. The summed E-state index contributed by atoms with van der Waals surface area (Å²) in [6.45, 7) is 0. The Kier molecular flexibility index (Phi) is 4.25. The highest BCUT2D eigenvalue weighted by Crippen LogP contribution is 2.24. The molecule has 0 atom stereocenters. The molecule has 0 amide bonds. The van der Waals surface area contributed by atoms with Gasteiger partial charge in [-0.15, -0.1) is 0 Å². The molecule has 0 fully saturated rings. The van der Waals surface area contributed by atoms with Gasteiger partial charge in [0.05, 0.1) is 7.11 Å². The van der Waals surface area contributed by atoms with E-state index in [0.717, 1.165) is 0 Å². The van der Waals surface area contributed by atoms with Crippen LogP contribution in [0.15, 0.2) is 36.4 Å². The molecule has 0 bridgehead atoms. The average molecular weight is 294 g/mol. The number of carbonyl (C=O) groups excluding carboxylic acids is 1. The second-order valence-corrected chi connectivity index (χ2v) is 4.66. The first kappa shape index (κ1) is 14.3. The number of benzene rings is 2. The van der Waals surface area contributed by atoms with Crippen molar-refractivity contribution in [3.63, 3.8) is 0 Å². The molecule has 2 rings (SSSR count). The lowest BCUT2D eigenvalue weighted by Gasteiger charge is -2.09. The number of methoxy groups -OCH3 is 1. The zero-order chi connectivity index (χ0) is 14.7. The summed E-state index contributed by atoms with van der Waals surface area (Å²) in [6.07, 6.45) is -0.150. The Morgan fingerprint density at radius 3 is 2.75 bits per heavy atom. The lowest BCUT2D eigenvalue weighted by Crippen LogP contribution is -2.09. The molecule has 0 spiro atoms. The fourth-order valence-electron chi connectivity index (χ4n) is 1.86. The van der Waals surface area contributed by atoms with Crippen LogP contribution in [0.4, 0.5) is 10.1 Å². The van der Waals surface area contributed by atoms with Crippen molar-refractivity contribution in [2.24, 2.45) is 0 Å². The van der Waals surface area contributed by atoms with E-state index in [1.165, 1.54) is 25.3 Å². The minimum atomic E-state index is -0.507. The minimum absolute atomic E-state index is 0.150. The molecule has 2 aromatic rings. The van der Waals surface area contributed by atoms with E-state index in [-0.39, 0.29) is 22.8 Å². The van der Waals surface area contributed by atoms with Crippen LogP contribution in [0.1, 0.15) is 15.9 Å². The SMILES string of the molecule is COc1ccc(N)c(C(=O)Cc2c(F)cccc2Cl)c1. The first-order chi connectivity index (χ1) is 9.52. The second kappa shape index (κ2) is 5.92. The van der Waals surface area contributed by atoms with Crippen molar-refractivity contribution in [2.45, 2.75) is 6.42 Å². The maximum atomic E-state index is 13.7. The molecule has 0 unspecified atom stereocenters. The summed E-state index contributed by atoms with van der Waals surface area (Å²) in [7, 11) is 1.49. The van der Waals surface area contributed by atoms with Gasteiger partial charge in [0.2, 0.25) is 0 Å². The van der Waals surface area contributed by atoms with Crippen LogP contribution >= 0.6 is 11.6 Å². The number of Topliss-reactive ketones (excluding diaryl/α,β-unsaturated/α-hetero) is 1. The van der Waals surface area contributed by atoms with E-state index in [1.54, 1.807) is 18.2 Å². The Morgan fingerprint density at radius 2 is 2.10 bits per heavy atom. The van der Waals surface area contributed by atoms with Crippen LogP contribution in [-0.2, 0) is 6.42 Å². The van der Waals surface area contributed by atoms with E-state index in [2.05, 4.69) is 0 Å². The van der Waals surface area contributed by atoms with Gasteiger partial charge in [-0.1, -0.05) is 17.7 Å². The number of hydrogen-bond acceptors (Lipinski definition) is 3. The highest BCUT2D eigenvalue weighted by Gasteiger charge is 2.16. The molecule has 0 saturated heterocycles. The van der Waals surface area contributed by atoms with Crippen LogP contribution in [0.2, 0.25) is 5.02 Å². The summed E-state index contributed by atoms with van der Waals surface area (Å²) in [5, 5.41) is 0.222. The summed E-state index contributed by atoms with van der Waals surface area (Å²) < 4.78 is 18.7. The summed E-state index contributed by atoms with van der Waals surface area (Å²) in [5.74, 6) is -0.303. The van der Waals surface area contributed by atoms with Crippen LogP contribution in [0.3, 0.4) is 0 Å². The number of ketones is 1. The van der Waals surface area contributed by atoms with E-state index in [0.29, 0.717) is 17.0 Å². The Hall–Kier alpha value is -2.07. The van der Waals surface area contributed by atoms with Gasteiger partial charge in [0.25, 0.3) is 0 Å². The third-order valence-electron chi connectivity index (χ3n) is 2.96. The molecular weight excluding hydrogens is 281 g/mol.